The molecule has 1 saturated heterocycles. The van der Waals surface area contributed by atoms with Gasteiger partial charge >= 0.3 is 0 Å². The van der Waals surface area contributed by atoms with Crippen molar-refractivity contribution >= 4 is 21.8 Å². The van der Waals surface area contributed by atoms with Crippen LogP contribution in [-0.2, 0) is 31.9 Å². The van der Waals surface area contributed by atoms with E-state index in [9.17, 15) is 18.0 Å². The number of nitrogens with zero attached hydrogens (tertiary/aromatic N) is 1. The van der Waals surface area contributed by atoms with Gasteiger partial charge in [0, 0.05) is 37.0 Å². The Labute approximate surface area is 180 Å². The Morgan fingerprint density at radius 1 is 1.10 bits per heavy atom. The van der Waals surface area contributed by atoms with Crippen molar-refractivity contribution in [2.75, 3.05) is 13.1 Å². The number of amides is 2. The summed E-state index contributed by atoms with van der Waals surface area (Å²) in [6.07, 6.45) is 1.28. The maximum atomic E-state index is 12.6. The van der Waals surface area contributed by atoms with Crippen molar-refractivity contribution in [3.63, 3.8) is 0 Å². The predicted octanol–water partition coefficient (Wildman–Crippen LogP) is 2.42. The minimum absolute atomic E-state index is 0.0455. The molecule has 30 heavy (non-hydrogen) atoms. The molecule has 0 spiro atoms. The van der Waals surface area contributed by atoms with E-state index >= 15 is 0 Å². The van der Waals surface area contributed by atoms with Gasteiger partial charge in [-0.1, -0.05) is 45.0 Å². The SMILES string of the molecule is CC(C)NS(=O)(=O)Cc1ccccc1CNC(=O)C1CCN(C(=O)C(C)(C)C)CC1. The molecule has 0 aliphatic carbocycles. The van der Waals surface area contributed by atoms with Crippen LogP contribution in [0.4, 0.5) is 0 Å². The Kier molecular flexibility index (Phi) is 8.05. The fourth-order valence-electron chi connectivity index (χ4n) is 3.62. The van der Waals surface area contributed by atoms with Gasteiger partial charge in [0.1, 0.15) is 0 Å². The highest BCUT2D eigenvalue weighted by atomic mass is 32.2. The number of sulfonamides is 1. The molecule has 0 saturated carbocycles. The average molecular weight is 438 g/mol. The highest BCUT2D eigenvalue weighted by Gasteiger charge is 2.32. The summed E-state index contributed by atoms with van der Waals surface area (Å²) in [5, 5.41) is 2.95. The average Bonchev–Trinajstić information content (AvgIpc) is 2.64. The van der Waals surface area contributed by atoms with Gasteiger partial charge in [-0.05, 0) is 37.8 Å². The van der Waals surface area contributed by atoms with Crippen LogP contribution in [-0.4, -0.2) is 44.3 Å². The van der Waals surface area contributed by atoms with Crippen LogP contribution in [0, 0.1) is 11.3 Å². The van der Waals surface area contributed by atoms with Crippen LogP contribution in [0.25, 0.3) is 0 Å². The Hall–Kier alpha value is -1.93. The first-order chi connectivity index (χ1) is 13.9. The Morgan fingerprint density at radius 3 is 2.20 bits per heavy atom. The Morgan fingerprint density at radius 2 is 1.67 bits per heavy atom. The van der Waals surface area contributed by atoms with Gasteiger partial charge in [-0.3, -0.25) is 9.59 Å². The minimum atomic E-state index is -3.44. The predicted molar refractivity (Wildman–Crippen MR) is 118 cm³/mol. The fourth-order valence-corrected chi connectivity index (χ4v) is 5.11. The van der Waals surface area contributed by atoms with Crippen LogP contribution in [0.2, 0.25) is 0 Å². The summed E-state index contributed by atoms with van der Waals surface area (Å²) in [6.45, 7) is 10.7. The third kappa shape index (κ3) is 7.09. The standard InChI is InChI=1S/C22H35N3O4S/c1-16(2)24-30(28,29)15-19-9-7-6-8-18(19)14-23-20(26)17-10-12-25(13-11-17)21(27)22(3,4)5/h6-9,16-17,24H,10-15H2,1-5H3,(H,23,26). The molecule has 0 aromatic heterocycles. The van der Waals surface area contributed by atoms with E-state index in [4.69, 9.17) is 0 Å². The van der Waals surface area contributed by atoms with Gasteiger partial charge in [0.2, 0.25) is 21.8 Å². The number of nitrogens with one attached hydrogen (secondary N) is 2. The van der Waals surface area contributed by atoms with Crippen molar-refractivity contribution in [3.8, 4) is 0 Å². The van der Waals surface area contributed by atoms with Gasteiger partial charge in [-0.25, -0.2) is 13.1 Å². The van der Waals surface area contributed by atoms with E-state index in [1.54, 1.807) is 26.0 Å². The molecule has 1 fully saturated rings. The molecule has 1 aliphatic rings. The summed E-state index contributed by atoms with van der Waals surface area (Å²) in [5.74, 6) is -0.181. The van der Waals surface area contributed by atoms with E-state index in [0.717, 1.165) is 5.56 Å². The molecule has 0 radical (unpaired) electrons. The van der Waals surface area contributed by atoms with Crippen molar-refractivity contribution in [1.82, 2.24) is 14.9 Å². The third-order valence-electron chi connectivity index (χ3n) is 5.13. The van der Waals surface area contributed by atoms with Gasteiger partial charge in [-0.15, -0.1) is 0 Å². The fraction of sp³-hybridized carbons (Fsp3) is 0.636. The van der Waals surface area contributed by atoms with Gasteiger partial charge in [0.15, 0.2) is 0 Å². The molecule has 1 aliphatic heterocycles. The number of carbonyl (C=O) groups is 2. The van der Waals surface area contributed by atoms with Gasteiger partial charge < -0.3 is 10.2 Å². The zero-order valence-electron chi connectivity index (χ0n) is 18.7. The number of likely N-dealkylation sites (tertiary alicyclic amines) is 1. The monoisotopic (exact) mass is 437 g/mol. The summed E-state index contributed by atoms with van der Waals surface area (Å²) >= 11 is 0. The molecule has 2 amide bonds. The largest absolute Gasteiger partial charge is 0.352 e. The topological polar surface area (TPSA) is 95.6 Å². The van der Waals surface area contributed by atoms with Crippen LogP contribution >= 0.6 is 0 Å². The highest BCUT2D eigenvalue weighted by Crippen LogP contribution is 2.24. The number of carbonyl (C=O) groups excluding carboxylic acids is 2. The summed E-state index contributed by atoms with van der Waals surface area (Å²) in [7, 11) is -3.44. The molecule has 1 aromatic carbocycles. The Balaban J connectivity index is 1.93. The summed E-state index contributed by atoms with van der Waals surface area (Å²) in [4.78, 5) is 26.9. The van der Waals surface area contributed by atoms with Gasteiger partial charge in [0.25, 0.3) is 0 Å². The van der Waals surface area contributed by atoms with E-state index in [1.165, 1.54) is 0 Å². The van der Waals surface area contributed by atoms with Crippen LogP contribution in [0.5, 0.6) is 0 Å². The number of rotatable bonds is 7. The molecule has 8 heteroatoms. The first-order valence-electron chi connectivity index (χ1n) is 10.5. The quantitative estimate of drug-likeness (QED) is 0.685. The second-order valence-electron chi connectivity index (χ2n) is 9.33. The number of piperidine rings is 1. The molecule has 1 heterocycles. The van der Waals surface area contributed by atoms with Crippen LogP contribution in [0.1, 0.15) is 58.6 Å². The molecule has 2 N–H and O–H groups in total. The van der Waals surface area contributed by atoms with E-state index in [0.29, 0.717) is 31.5 Å². The molecule has 2 rings (SSSR count). The second-order valence-corrected chi connectivity index (χ2v) is 11.1. The number of hydrogen-bond acceptors (Lipinski definition) is 4. The smallest absolute Gasteiger partial charge is 0.227 e. The first kappa shape index (κ1) is 24.3. The molecule has 168 valence electrons. The van der Waals surface area contributed by atoms with Gasteiger partial charge in [0.05, 0.1) is 5.75 Å². The van der Waals surface area contributed by atoms with E-state index in [1.807, 2.05) is 37.8 Å². The molecular formula is C22H35N3O4S. The van der Waals surface area contributed by atoms with Crippen molar-refractivity contribution in [3.05, 3.63) is 35.4 Å². The van der Waals surface area contributed by atoms with Crippen LogP contribution < -0.4 is 10.0 Å². The lowest BCUT2D eigenvalue weighted by Crippen LogP contribution is -2.46. The maximum absolute atomic E-state index is 12.6. The summed E-state index contributed by atoms with van der Waals surface area (Å²) in [6, 6.07) is 7.08. The lowest BCUT2D eigenvalue weighted by Gasteiger charge is -2.35. The van der Waals surface area contributed by atoms with Crippen molar-refractivity contribution in [2.45, 2.75) is 65.8 Å². The summed E-state index contributed by atoms with van der Waals surface area (Å²) in [5.41, 5.74) is 1.06. The van der Waals surface area contributed by atoms with Crippen LogP contribution in [0.3, 0.4) is 0 Å². The third-order valence-corrected chi connectivity index (χ3v) is 6.65. The summed E-state index contributed by atoms with van der Waals surface area (Å²) < 4.78 is 27.1. The molecule has 7 nitrogen and oxygen atoms in total. The number of hydrogen-bond donors (Lipinski definition) is 2. The van der Waals surface area contributed by atoms with Gasteiger partial charge in [-0.2, -0.15) is 0 Å². The van der Waals surface area contributed by atoms with Crippen LogP contribution in [0.15, 0.2) is 24.3 Å². The minimum Gasteiger partial charge on any atom is -0.352 e. The zero-order valence-corrected chi connectivity index (χ0v) is 19.5. The highest BCUT2D eigenvalue weighted by molar-refractivity contribution is 7.88. The second kappa shape index (κ2) is 9.92. The zero-order chi connectivity index (χ0) is 22.5. The molecule has 0 unspecified atom stereocenters. The van der Waals surface area contributed by atoms with E-state index in [-0.39, 0.29) is 36.1 Å². The molecule has 0 bridgehead atoms. The lowest BCUT2D eigenvalue weighted by atomic mass is 9.90. The molecule has 1 aromatic rings. The maximum Gasteiger partial charge on any atom is 0.227 e. The van der Waals surface area contributed by atoms with Crippen molar-refractivity contribution < 1.29 is 18.0 Å². The normalized spacial score (nSPS) is 16.0. The van der Waals surface area contributed by atoms with Crippen molar-refractivity contribution in [2.24, 2.45) is 11.3 Å². The molecular weight excluding hydrogens is 402 g/mol. The Bertz CT molecular complexity index is 851. The van der Waals surface area contributed by atoms with E-state index in [2.05, 4.69) is 10.0 Å². The first-order valence-corrected chi connectivity index (χ1v) is 12.2. The van der Waals surface area contributed by atoms with Crippen molar-refractivity contribution in [1.29, 1.82) is 0 Å². The number of benzene rings is 1. The lowest BCUT2D eigenvalue weighted by molar-refractivity contribution is -0.142. The van der Waals surface area contributed by atoms with E-state index < -0.39 is 15.4 Å². The molecule has 0 atom stereocenters.